The number of para-hydroxylation sites is 2. The van der Waals surface area contributed by atoms with Crippen molar-refractivity contribution >= 4 is 0 Å². The molecule has 0 saturated carbocycles. The molecule has 0 bridgehead atoms. The van der Waals surface area contributed by atoms with Gasteiger partial charge in [-0.2, -0.15) is 0 Å². The molecule has 4 heteroatoms. The van der Waals surface area contributed by atoms with Gasteiger partial charge in [0.05, 0.1) is 13.2 Å². The van der Waals surface area contributed by atoms with E-state index in [2.05, 4.69) is 67.6 Å². The molecule has 4 aromatic rings. The second-order valence-electron chi connectivity index (χ2n) is 9.38. The maximum absolute atomic E-state index is 5.92. The molecule has 0 aliphatic carbocycles. The van der Waals surface area contributed by atoms with Crippen LogP contribution in [0.1, 0.15) is 23.6 Å². The van der Waals surface area contributed by atoms with Crippen LogP contribution in [0.25, 0.3) is 11.1 Å². The minimum absolute atomic E-state index is 0.279. The van der Waals surface area contributed by atoms with Crippen LogP contribution in [-0.2, 0) is 22.3 Å². The summed E-state index contributed by atoms with van der Waals surface area (Å²) in [6.45, 7) is 5.19. The summed E-state index contributed by atoms with van der Waals surface area (Å²) in [5, 5.41) is 0. The van der Waals surface area contributed by atoms with Crippen molar-refractivity contribution < 1.29 is 18.9 Å². The lowest BCUT2D eigenvalue weighted by molar-refractivity contribution is 0.261. The zero-order valence-corrected chi connectivity index (χ0v) is 21.3. The van der Waals surface area contributed by atoms with E-state index in [9.17, 15) is 0 Å². The zero-order chi connectivity index (χ0) is 25.3. The van der Waals surface area contributed by atoms with Gasteiger partial charge in [0.1, 0.15) is 36.9 Å². The van der Waals surface area contributed by atoms with Crippen LogP contribution < -0.4 is 9.47 Å². The van der Waals surface area contributed by atoms with Gasteiger partial charge in [0.25, 0.3) is 0 Å². The monoisotopic (exact) mass is 494 g/mol. The van der Waals surface area contributed by atoms with E-state index in [1.165, 1.54) is 27.8 Å². The van der Waals surface area contributed by atoms with E-state index in [1.54, 1.807) is 0 Å². The van der Waals surface area contributed by atoms with Gasteiger partial charge < -0.3 is 18.9 Å². The first-order chi connectivity index (χ1) is 18.3. The Kier molecular flexibility index (Phi) is 8.52. The molecular weight excluding hydrogens is 460 g/mol. The Morgan fingerprint density at radius 1 is 0.622 bits per heavy atom. The lowest BCUT2D eigenvalue weighted by Gasteiger charge is -2.11. The summed E-state index contributed by atoms with van der Waals surface area (Å²) in [7, 11) is 0. The molecule has 2 heterocycles. The van der Waals surface area contributed by atoms with Crippen LogP contribution in [0.4, 0.5) is 0 Å². The molecule has 4 nitrogen and oxygen atoms in total. The molecule has 2 fully saturated rings. The van der Waals surface area contributed by atoms with E-state index >= 15 is 0 Å². The first kappa shape index (κ1) is 25.1. The molecule has 0 radical (unpaired) electrons. The average Bonchev–Trinajstić information content (AvgIpc) is 3.89. The predicted molar refractivity (Wildman–Crippen MR) is 147 cm³/mol. The van der Waals surface area contributed by atoms with Crippen LogP contribution in [0, 0.1) is 0 Å². The van der Waals surface area contributed by atoms with Crippen molar-refractivity contribution in [2.45, 2.75) is 32.0 Å². The third-order valence-electron chi connectivity index (χ3n) is 6.43. The molecule has 0 N–H and O–H groups in total. The van der Waals surface area contributed by atoms with Gasteiger partial charge >= 0.3 is 0 Å². The molecule has 2 atom stereocenters. The van der Waals surface area contributed by atoms with E-state index in [-0.39, 0.29) is 6.10 Å². The lowest BCUT2D eigenvalue weighted by Crippen LogP contribution is -2.06. The first-order valence-electron chi connectivity index (χ1n) is 13.1. The van der Waals surface area contributed by atoms with Gasteiger partial charge in [-0.05, 0) is 52.4 Å². The summed E-state index contributed by atoms with van der Waals surface area (Å²) < 4.78 is 21.6. The summed E-state index contributed by atoms with van der Waals surface area (Å²) in [5.74, 6) is 1.88. The van der Waals surface area contributed by atoms with Gasteiger partial charge in [0, 0.05) is 6.42 Å². The van der Waals surface area contributed by atoms with E-state index in [1.807, 2.05) is 42.5 Å². The first-order valence-corrected chi connectivity index (χ1v) is 13.1. The molecule has 2 aliphatic rings. The number of epoxide rings is 2. The maximum Gasteiger partial charge on any atom is 0.122 e. The number of aryl methyl sites for hydroxylation is 1. The highest BCUT2D eigenvalue weighted by molar-refractivity contribution is 5.64. The molecule has 6 rings (SSSR count). The largest absolute Gasteiger partial charge is 0.491 e. The van der Waals surface area contributed by atoms with Crippen molar-refractivity contribution in [2.24, 2.45) is 0 Å². The molecule has 4 aromatic carbocycles. The molecular formula is C33H34O4. The maximum atomic E-state index is 5.92. The van der Waals surface area contributed by atoms with Crippen LogP contribution in [0.15, 0.2) is 103 Å². The summed E-state index contributed by atoms with van der Waals surface area (Å²) >= 11 is 0. The third kappa shape index (κ3) is 7.94. The quantitative estimate of drug-likeness (QED) is 0.229. The minimum Gasteiger partial charge on any atom is -0.491 e. The van der Waals surface area contributed by atoms with Gasteiger partial charge in [-0.3, -0.25) is 0 Å². The molecule has 0 amide bonds. The highest BCUT2D eigenvalue weighted by Crippen LogP contribution is 2.25. The SMILES string of the molecule is CCc1ccc(-c2ccc(Cc3ccccc3OCC3CO3)cc2)cc1.c1ccc(OCC2CO2)cc1. The predicted octanol–water partition coefficient (Wildman–Crippen LogP) is 6.75. The summed E-state index contributed by atoms with van der Waals surface area (Å²) in [4.78, 5) is 0. The normalized spacial score (nSPS) is 17.3. The Hall–Kier alpha value is -3.60. The minimum atomic E-state index is 0.279. The van der Waals surface area contributed by atoms with Crippen molar-refractivity contribution in [1.29, 1.82) is 0 Å². The molecule has 2 unspecified atom stereocenters. The fourth-order valence-corrected chi connectivity index (χ4v) is 3.98. The fraction of sp³-hybridized carbons (Fsp3) is 0.273. The Bertz CT molecular complexity index is 1230. The van der Waals surface area contributed by atoms with Crippen LogP contribution in [0.2, 0.25) is 0 Å². The number of rotatable bonds is 10. The number of hydrogen-bond donors (Lipinski definition) is 0. The Balaban J connectivity index is 0.000000212. The second-order valence-corrected chi connectivity index (χ2v) is 9.38. The standard InChI is InChI=1S/C24H24O2.C9H10O2/c1-2-18-7-11-20(12-8-18)21-13-9-19(10-14-21)15-22-5-3-4-6-24(22)26-17-23-16-25-23;1-2-4-8(5-3-1)10-6-9-7-11-9/h3-14,23H,2,15-17H2,1H3;1-5,9H,6-7H2. The van der Waals surface area contributed by atoms with E-state index in [0.717, 1.165) is 37.6 Å². The summed E-state index contributed by atoms with van der Waals surface area (Å²) in [6.07, 6.45) is 2.57. The van der Waals surface area contributed by atoms with E-state index < -0.39 is 0 Å². The molecule has 0 spiro atoms. The Labute approximate surface area is 219 Å². The van der Waals surface area contributed by atoms with Crippen molar-refractivity contribution in [3.05, 3.63) is 120 Å². The zero-order valence-electron chi connectivity index (χ0n) is 21.3. The third-order valence-corrected chi connectivity index (χ3v) is 6.43. The van der Waals surface area contributed by atoms with Gasteiger partial charge in [-0.25, -0.2) is 0 Å². The van der Waals surface area contributed by atoms with Crippen LogP contribution in [-0.4, -0.2) is 38.6 Å². The number of benzene rings is 4. The Morgan fingerprint density at radius 3 is 1.76 bits per heavy atom. The number of hydrogen-bond acceptors (Lipinski definition) is 4. The van der Waals surface area contributed by atoms with Crippen molar-refractivity contribution in [2.75, 3.05) is 26.4 Å². The smallest absolute Gasteiger partial charge is 0.122 e. The van der Waals surface area contributed by atoms with Gasteiger partial charge in [0.15, 0.2) is 0 Å². The van der Waals surface area contributed by atoms with Gasteiger partial charge in [-0.15, -0.1) is 0 Å². The molecule has 0 aromatic heterocycles. The molecule has 2 aliphatic heterocycles. The van der Waals surface area contributed by atoms with Crippen LogP contribution in [0.5, 0.6) is 11.5 Å². The average molecular weight is 495 g/mol. The van der Waals surface area contributed by atoms with Gasteiger partial charge in [-0.1, -0.05) is 91.9 Å². The molecule has 37 heavy (non-hydrogen) atoms. The van der Waals surface area contributed by atoms with Crippen LogP contribution >= 0.6 is 0 Å². The summed E-state index contributed by atoms with van der Waals surface area (Å²) in [5.41, 5.74) is 6.40. The topological polar surface area (TPSA) is 43.5 Å². The van der Waals surface area contributed by atoms with E-state index in [4.69, 9.17) is 18.9 Å². The van der Waals surface area contributed by atoms with Crippen molar-refractivity contribution in [3.63, 3.8) is 0 Å². The highest BCUT2D eigenvalue weighted by atomic mass is 16.6. The van der Waals surface area contributed by atoms with Gasteiger partial charge in [0.2, 0.25) is 0 Å². The Morgan fingerprint density at radius 2 is 1.16 bits per heavy atom. The second kappa shape index (κ2) is 12.6. The fourth-order valence-electron chi connectivity index (χ4n) is 3.98. The molecule has 190 valence electrons. The van der Waals surface area contributed by atoms with E-state index in [0.29, 0.717) is 19.3 Å². The van der Waals surface area contributed by atoms with Crippen molar-refractivity contribution in [1.82, 2.24) is 0 Å². The van der Waals surface area contributed by atoms with Crippen LogP contribution in [0.3, 0.4) is 0 Å². The summed E-state index contributed by atoms with van der Waals surface area (Å²) in [6, 6.07) is 35.7. The lowest BCUT2D eigenvalue weighted by atomic mass is 9.99. The molecule has 2 saturated heterocycles. The van der Waals surface area contributed by atoms with Crippen molar-refractivity contribution in [3.8, 4) is 22.6 Å². The number of ether oxygens (including phenoxy) is 4. The highest BCUT2D eigenvalue weighted by Gasteiger charge is 2.23.